The maximum Gasteiger partial charge on any atom is 0.259 e. The van der Waals surface area contributed by atoms with Crippen LogP contribution in [0.3, 0.4) is 0 Å². The average molecular weight is 405 g/mol. The Morgan fingerprint density at radius 1 is 1.21 bits per heavy atom. The molecule has 1 saturated heterocycles. The van der Waals surface area contributed by atoms with Gasteiger partial charge in [-0.25, -0.2) is 4.98 Å². The largest absolute Gasteiger partial charge is 0.466 e. The van der Waals surface area contributed by atoms with Gasteiger partial charge in [0.05, 0.1) is 22.3 Å². The molecule has 7 nitrogen and oxygen atoms in total. The van der Waals surface area contributed by atoms with Crippen molar-refractivity contribution >= 4 is 29.4 Å². The van der Waals surface area contributed by atoms with E-state index >= 15 is 0 Å². The number of nitrogens with zero attached hydrogens (tertiary/aromatic N) is 3. The summed E-state index contributed by atoms with van der Waals surface area (Å²) in [5.74, 6) is 1.54. The van der Waals surface area contributed by atoms with Crippen molar-refractivity contribution in [3.63, 3.8) is 0 Å². The third-order valence-corrected chi connectivity index (χ3v) is 5.34. The summed E-state index contributed by atoms with van der Waals surface area (Å²) in [4.78, 5) is 19.8. The second-order valence-corrected chi connectivity index (χ2v) is 7.23. The van der Waals surface area contributed by atoms with Crippen LogP contribution in [0, 0.1) is 20.8 Å². The Morgan fingerprint density at radius 2 is 1.93 bits per heavy atom. The van der Waals surface area contributed by atoms with Gasteiger partial charge in [0, 0.05) is 18.7 Å². The summed E-state index contributed by atoms with van der Waals surface area (Å²) in [5.41, 5.74) is 3.15. The number of hydrogen-bond donors (Lipinski definition) is 1. The van der Waals surface area contributed by atoms with Crippen molar-refractivity contribution in [3.8, 4) is 11.3 Å². The Kier molecular flexibility index (Phi) is 5.76. The molecule has 0 bridgehead atoms. The molecule has 4 rings (SSSR count). The smallest absolute Gasteiger partial charge is 0.259 e. The molecule has 1 aliphatic heterocycles. The molecule has 0 unspecified atom stereocenters. The molecule has 8 heteroatoms. The first kappa shape index (κ1) is 20.4. The van der Waals surface area contributed by atoms with Crippen LogP contribution in [0.25, 0.3) is 22.4 Å². The zero-order chi connectivity index (χ0) is 19.1. The molecule has 3 aromatic rings. The van der Waals surface area contributed by atoms with Gasteiger partial charge in [-0.2, -0.15) is 0 Å². The molecule has 0 saturated carbocycles. The molecule has 3 aromatic heterocycles. The first-order chi connectivity index (χ1) is 13.0. The van der Waals surface area contributed by atoms with Crippen LogP contribution >= 0.6 is 12.4 Å². The molecule has 1 amide bonds. The zero-order valence-electron chi connectivity index (χ0n) is 16.5. The summed E-state index contributed by atoms with van der Waals surface area (Å²) >= 11 is 0. The number of fused-ring (bicyclic) bond motifs is 1. The van der Waals surface area contributed by atoms with Crippen molar-refractivity contribution in [2.75, 3.05) is 20.1 Å². The van der Waals surface area contributed by atoms with Gasteiger partial charge in [-0.3, -0.25) is 4.79 Å². The molecular formula is C20H25ClN4O3. The number of amides is 1. The van der Waals surface area contributed by atoms with Crippen LogP contribution in [0.4, 0.5) is 0 Å². The van der Waals surface area contributed by atoms with Gasteiger partial charge in [0.1, 0.15) is 11.5 Å². The molecule has 28 heavy (non-hydrogen) atoms. The van der Waals surface area contributed by atoms with Crippen LogP contribution < -0.4 is 5.32 Å². The number of furan rings is 1. The van der Waals surface area contributed by atoms with Crippen LogP contribution in [-0.2, 0) is 0 Å². The highest BCUT2D eigenvalue weighted by Gasteiger charge is 2.27. The molecule has 1 aliphatic rings. The number of aryl methyl sites for hydroxylation is 3. The lowest BCUT2D eigenvalue weighted by atomic mass is 10.0. The maximum absolute atomic E-state index is 13.4. The van der Waals surface area contributed by atoms with E-state index in [1.54, 1.807) is 0 Å². The SMILES string of the molecule is Cc1cc(-c2cc(C(=O)N(C)C3CCNCC3)c3c(C)noc3n2)c(C)o1.Cl. The number of aromatic nitrogens is 2. The van der Waals surface area contributed by atoms with Gasteiger partial charge >= 0.3 is 0 Å². The van der Waals surface area contributed by atoms with Gasteiger partial charge in [-0.05, 0) is 58.8 Å². The van der Waals surface area contributed by atoms with E-state index in [0.717, 1.165) is 43.0 Å². The van der Waals surface area contributed by atoms with E-state index in [-0.39, 0.29) is 24.4 Å². The van der Waals surface area contributed by atoms with Crippen molar-refractivity contribution in [1.82, 2.24) is 20.4 Å². The van der Waals surface area contributed by atoms with Crippen LogP contribution in [0.15, 0.2) is 21.1 Å². The topological polar surface area (TPSA) is 84.4 Å². The molecule has 0 aliphatic carbocycles. The Hall–Kier alpha value is -2.38. The van der Waals surface area contributed by atoms with Crippen molar-refractivity contribution in [3.05, 3.63) is 34.9 Å². The predicted molar refractivity (Wildman–Crippen MR) is 109 cm³/mol. The summed E-state index contributed by atoms with van der Waals surface area (Å²) in [5, 5.41) is 8.05. The summed E-state index contributed by atoms with van der Waals surface area (Å²) in [6.07, 6.45) is 1.90. The van der Waals surface area contributed by atoms with E-state index in [1.165, 1.54) is 0 Å². The minimum Gasteiger partial charge on any atom is -0.466 e. The first-order valence-electron chi connectivity index (χ1n) is 9.28. The van der Waals surface area contributed by atoms with Crippen LogP contribution in [0.2, 0.25) is 0 Å². The molecule has 0 spiro atoms. The first-order valence-corrected chi connectivity index (χ1v) is 9.28. The minimum atomic E-state index is -0.0280. The van der Waals surface area contributed by atoms with E-state index in [2.05, 4.69) is 15.5 Å². The number of hydrogen-bond acceptors (Lipinski definition) is 6. The normalized spacial score (nSPS) is 14.9. The quantitative estimate of drug-likeness (QED) is 0.717. The van der Waals surface area contributed by atoms with E-state index in [4.69, 9.17) is 8.94 Å². The highest BCUT2D eigenvalue weighted by Crippen LogP contribution is 2.31. The number of nitrogens with one attached hydrogen (secondary N) is 1. The highest BCUT2D eigenvalue weighted by molar-refractivity contribution is 6.07. The summed E-state index contributed by atoms with van der Waals surface area (Å²) in [6, 6.07) is 3.99. The van der Waals surface area contributed by atoms with Gasteiger partial charge in [-0.15, -0.1) is 12.4 Å². The van der Waals surface area contributed by atoms with Crippen molar-refractivity contribution in [1.29, 1.82) is 0 Å². The van der Waals surface area contributed by atoms with Gasteiger partial charge in [0.25, 0.3) is 11.6 Å². The molecule has 150 valence electrons. The average Bonchev–Trinajstić information content (AvgIpc) is 3.22. The number of carbonyl (C=O) groups is 1. The van der Waals surface area contributed by atoms with Gasteiger partial charge in [0.15, 0.2) is 0 Å². The van der Waals surface area contributed by atoms with Crippen LogP contribution in [0.1, 0.15) is 40.4 Å². The molecule has 1 N–H and O–H groups in total. The fraction of sp³-hybridized carbons (Fsp3) is 0.450. The van der Waals surface area contributed by atoms with Crippen molar-refractivity contribution in [2.24, 2.45) is 0 Å². The zero-order valence-corrected chi connectivity index (χ0v) is 17.4. The maximum atomic E-state index is 13.4. The summed E-state index contributed by atoms with van der Waals surface area (Å²) in [7, 11) is 1.88. The number of rotatable bonds is 3. The van der Waals surface area contributed by atoms with E-state index in [1.807, 2.05) is 44.9 Å². The van der Waals surface area contributed by atoms with Crippen LogP contribution in [0.5, 0.6) is 0 Å². The number of pyridine rings is 1. The third-order valence-electron chi connectivity index (χ3n) is 5.34. The lowest BCUT2D eigenvalue weighted by Crippen LogP contribution is -2.44. The molecule has 4 heterocycles. The number of carbonyl (C=O) groups excluding carboxylic acids is 1. The van der Waals surface area contributed by atoms with Crippen molar-refractivity contribution in [2.45, 2.75) is 39.7 Å². The third kappa shape index (κ3) is 3.52. The molecule has 1 fully saturated rings. The molecule has 0 aromatic carbocycles. The monoisotopic (exact) mass is 404 g/mol. The van der Waals surface area contributed by atoms with Gasteiger partial charge < -0.3 is 19.2 Å². The Balaban J connectivity index is 0.00000225. The van der Waals surface area contributed by atoms with E-state index in [9.17, 15) is 4.79 Å². The Bertz CT molecular complexity index is 1000. The fourth-order valence-corrected chi connectivity index (χ4v) is 3.84. The standard InChI is InChI=1S/C20H24N4O3.ClH/c1-11-9-15(13(3)26-11)17-10-16(18-12(2)23-27-19(18)22-17)20(25)24(4)14-5-7-21-8-6-14;/h9-10,14,21H,5-8H2,1-4H3;1H. The second kappa shape index (κ2) is 7.93. The number of piperidine rings is 1. The van der Waals surface area contributed by atoms with E-state index < -0.39 is 0 Å². The fourth-order valence-electron chi connectivity index (χ4n) is 3.84. The number of halogens is 1. The molecular weight excluding hydrogens is 380 g/mol. The van der Waals surface area contributed by atoms with Crippen molar-refractivity contribution < 1.29 is 13.7 Å². The summed E-state index contributed by atoms with van der Waals surface area (Å²) < 4.78 is 11.0. The minimum absolute atomic E-state index is 0. The predicted octanol–water partition coefficient (Wildman–Crippen LogP) is 3.65. The molecule has 0 radical (unpaired) electrons. The Morgan fingerprint density at radius 3 is 2.57 bits per heavy atom. The summed E-state index contributed by atoms with van der Waals surface area (Å²) in [6.45, 7) is 7.48. The van der Waals surface area contributed by atoms with E-state index in [0.29, 0.717) is 28.1 Å². The van der Waals surface area contributed by atoms with Gasteiger partial charge in [-0.1, -0.05) is 5.16 Å². The lowest BCUT2D eigenvalue weighted by Gasteiger charge is -2.31. The second-order valence-electron chi connectivity index (χ2n) is 7.23. The van der Waals surface area contributed by atoms with Gasteiger partial charge in [0.2, 0.25) is 0 Å². The highest BCUT2D eigenvalue weighted by atomic mass is 35.5. The van der Waals surface area contributed by atoms with Crippen LogP contribution in [-0.4, -0.2) is 47.1 Å². The Labute approximate surface area is 169 Å². The molecule has 0 atom stereocenters. The lowest BCUT2D eigenvalue weighted by molar-refractivity contribution is 0.0705.